The molecule has 0 fully saturated rings. The summed E-state index contributed by atoms with van der Waals surface area (Å²) in [5.74, 6) is 0. The van der Waals surface area contributed by atoms with Crippen molar-refractivity contribution in [2.45, 2.75) is 39.7 Å². The molecule has 0 aliphatic rings. The number of nitrogens with one attached hydrogen (secondary N) is 1. The van der Waals surface area contributed by atoms with Gasteiger partial charge in [-0.15, -0.1) is 11.3 Å². The van der Waals surface area contributed by atoms with Gasteiger partial charge >= 0.3 is 6.03 Å². The van der Waals surface area contributed by atoms with Crippen molar-refractivity contribution in [2.75, 3.05) is 20.2 Å². The van der Waals surface area contributed by atoms with Gasteiger partial charge in [-0.3, -0.25) is 0 Å². The first-order chi connectivity index (χ1) is 9.37. The summed E-state index contributed by atoms with van der Waals surface area (Å²) in [4.78, 5) is 15.0. The lowest BCUT2D eigenvalue weighted by atomic mass is 9.89. The Hall–Kier alpha value is -1.07. The highest BCUT2D eigenvalue weighted by Gasteiger charge is 2.19. The predicted molar refractivity (Wildman–Crippen MR) is 84.0 cm³/mol. The molecule has 114 valence electrons. The fourth-order valence-electron chi connectivity index (χ4n) is 1.86. The molecule has 2 N–H and O–H groups in total. The molecule has 4 nitrogen and oxygen atoms in total. The van der Waals surface area contributed by atoms with Crippen LogP contribution in [0.25, 0.3) is 0 Å². The van der Waals surface area contributed by atoms with Crippen LogP contribution in [0.4, 0.5) is 4.79 Å². The third-order valence-corrected chi connectivity index (χ3v) is 4.63. The Bertz CT molecular complexity index is 404. The molecule has 1 aromatic rings. The van der Waals surface area contributed by atoms with Crippen LogP contribution in [0, 0.1) is 5.41 Å². The van der Waals surface area contributed by atoms with Crippen LogP contribution in [0.1, 0.15) is 44.5 Å². The van der Waals surface area contributed by atoms with Gasteiger partial charge in [-0.05, 0) is 36.6 Å². The second-order valence-electron chi connectivity index (χ2n) is 5.96. The topological polar surface area (TPSA) is 52.6 Å². The lowest BCUT2D eigenvalue weighted by Gasteiger charge is -2.25. The Balaban J connectivity index is 2.32. The van der Waals surface area contributed by atoms with E-state index in [2.05, 4.69) is 5.32 Å². The van der Waals surface area contributed by atoms with E-state index in [0.717, 1.165) is 12.8 Å². The van der Waals surface area contributed by atoms with Gasteiger partial charge in [-0.25, -0.2) is 4.79 Å². The van der Waals surface area contributed by atoms with Gasteiger partial charge in [-0.2, -0.15) is 0 Å². The van der Waals surface area contributed by atoms with Crippen LogP contribution in [0.15, 0.2) is 17.5 Å². The average molecular weight is 298 g/mol. The molecule has 1 heterocycles. The Kier molecular flexibility index (Phi) is 6.49. The minimum absolute atomic E-state index is 0.0484. The molecule has 0 spiro atoms. The van der Waals surface area contributed by atoms with E-state index < -0.39 is 0 Å². The first-order valence-electron chi connectivity index (χ1n) is 7.02. The third-order valence-electron chi connectivity index (χ3n) is 3.59. The first kappa shape index (κ1) is 17.0. The number of hydrogen-bond acceptors (Lipinski definition) is 3. The molecule has 20 heavy (non-hydrogen) atoms. The van der Waals surface area contributed by atoms with Crippen LogP contribution in [0.2, 0.25) is 0 Å². The summed E-state index contributed by atoms with van der Waals surface area (Å²) >= 11 is 1.66. The molecular formula is C15H26N2O2S. The number of carbonyl (C=O) groups excluding carboxylic acids is 1. The Morgan fingerprint density at radius 2 is 2.25 bits per heavy atom. The van der Waals surface area contributed by atoms with E-state index in [0.29, 0.717) is 6.54 Å². The fourth-order valence-corrected chi connectivity index (χ4v) is 2.69. The molecule has 0 aliphatic carbocycles. The average Bonchev–Trinajstić information content (AvgIpc) is 2.95. The summed E-state index contributed by atoms with van der Waals surface area (Å²) in [5.41, 5.74) is -0.0686. The van der Waals surface area contributed by atoms with Gasteiger partial charge < -0.3 is 15.3 Å². The standard InChI is InChI=1S/C15H26N2O2S/c1-12(13-7-5-10-20-13)17(4)14(19)16-9-6-8-15(2,3)11-18/h5,7,10,12,18H,6,8-9,11H2,1-4H3,(H,16,19). The highest BCUT2D eigenvalue weighted by molar-refractivity contribution is 7.10. The number of thiophene rings is 1. The third kappa shape index (κ3) is 5.13. The minimum Gasteiger partial charge on any atom is -0.396 e. The number of aliphatic hydroxyl groups is 1. The molecular weight excluding hydrogens is 272 g/mol. The van der Waals surface area contributed by atoms with Gasteiger partial charge in [0, 0.05) is 25.1 Å². The van der Waals surface area contributed by atoms with E-state index in [9.17, 15) is 9.90 Å². The number of urea groups is 1. The molecule has 1 aromatic heterocycles. The molecule has 0 bridgehead atoms. The van der Waals surface area contributed by atoms with Gasteiger partial charge in [0.15, 0.2) is 0 Å². The molecule has 0 aliphatic heterocycles. The Morgan fingerprint density at radius 3 is 2.80 bits per heavy atom. The number of rotatable bonds is 7. The van der Waals surface area contributed by atoms with Crippen molar-refractivity contribution in [3.63, 3.8) is 0 Å². The highest BCUT2D eigenvalue weighted by atomic mass is 32.1. The molecule has 1 unspecified atom stereocenters. The van der Waals surface area contributed by atoms with Gasteiger partial charge in [0.25, 0.3) is 0 Å². The maximum atomic E-state index is 12.0. The van der Waals surface area contributed by atoms with Crippen LogP contribution in [0.5, 0.6) is 0 Å². The summed E-state index contributed by atoms with van der Waals surface area (Å²) in [6.07, 6.45) is 1.77. The van der Waals surface area contributed by atoms with Crippen LogP contribution >= 0.6 is 11.3 Å². The number of aliphatic hydroxyl groups excluding tert-OH is 1. The van der Waals surface area contributed by atoms with Gasteiger partial charge in [0.05, 0.1) is 6.04 Å². The van der Waals surface area contributed by atoms with Crippen molar-refractivity contribution in [2.24, 2.45) is 5.41 Å². The van der Waals surface area contributed by atoms with E-state index in [1.165, 1.54) is 4.88 Å². The van der Waals surface area contributed by atoms with E-state index in [4.69, 9.17) is 0 Å². The van der Waals surface area contributed by atoms with Crippen molar-refractivity contribution in [1.29, 1.82) is 0 Å². The van der Waals surface area contributed by atoms with Crippen LogP contribution in [-0.4, -0.2) is 36.2 Å². The number of carbonyl (C=O) groups is 1. The van der Waals surface area contributed by atoms with Gasteiger partial charge in [-0.1, -0.05) is 19.9 Å². The normalized spacial score (nSPS) is 13.1. The minimum atomic E-state index is -0.0686. The second-order valence-corrected chi connectivity index (χ2v) is 6.94. The van der Waals surface area contributed by atoms with Crippen molar-refractivity contribution >= 4 is 17.4 Å². The highest BCUT2D eigenvalue weighted by Crippen LogP contribution is 2.23. The number of amides is 2. The second kappa shape index (κ2) is 7.64. The molecule has 1 atom stereocenters. The number of nitrogens with zero attached hydrogens (tertiary/aromatic N) is 1. The smallest absolute Gasteiger partial charge is 0.317 e. The Labute approximate surface area is 125 Å². The van der Waals surface area contributed by atoms with E-state index in [1.807, 2.05) is 45.3 Å². The van der Waals surface area contributed by atoms with Gasteiger partial charge in [0.2, 0.25) is 0 Å². The van der Waals surface area contributed by atoms with E-state index >= 15 is 0 Å². The lowest BCUT2D eigenvalue weighted by molar-refractivity contribution is 0.147. The van der Waals surface area contributed by atoms with Crippen molar-refractivity contribution in [1.82, 2.24) is 10.2 Å². The van der Waals surface area contributed by atoms with Crippen molar-refractivity contribution in [3.8, 4) is 0 Å². The summed E-state index contributed by atoms with van der Waals surface area (Å²) in [5, 5.41) is 14.1. The Morgan fingerprint density at radius 1 is 1.55 bits per heavy atom. The summed E-state index contributed by atoms with van der Waals surface area (Å²) in [6, 6.07) is 4.08. The molecule has 0 saturated carbocycles. The van der Waals surface area contributed by atoms with Crippen molar-refractivity contribution in [3.05, 3.63) is 22.4 Å². The molecule has 0 saturated heterocycles. The zero-order valence-electron chi connectivity index (χ0n) is 12.8. The van der Waals surface area contributed by atoms with Gasteiger partial charge in [0.1, 0.15) is 0 Å². The first-order valence-corrected chi connectivity index (χ1v) is 7.90. The molecule has 1 rings (SSSR count). The SMILES string of the molecule is CC(c1cccs1)N(C)C(=O)NCCCC(C)(C)CO. The summed E-state index contributed by atoms with van der Waals surface area (Å²) in [6.45, 7) is 6.90. The maximum Gasteiger partial charge on any atom is 0.317 e. The molecule has 2 amide bonds. The van der Waals surface area contributed by atoms with Crippen LogP contribution < -0.4 is 5.32 Å². The summed E-state index contributed by atoms with van der Waals surface area (Å²) in [7, 11) is 1.82. The number of hydrogen-bond donors (Lipinski definition) is 2. The van der Waals surface area contributed by atoms with E-state index in [-0.39, 0.29) is 24.1 Å². The van der Waals surface area contributed by atoms with Crippen LogP contribution in [0.3, 0.4) is 0 Å². The zero-order chi connectivity index (χ0) is 15.2. The summed E-state index contributed by atoms with van der Waals surface area (Å²) < 4.78 is 0. The molecule has 0 radical (unpaired) electrons. The zero-order valence-corrected chi connectivity index (χ0v) is 13.7. The lowest BCUT2D eigenvalue weighted by Crippen LogP contribution is -2.39. The monoisotopic (exact) mass is 298 g/mol. The molecule has 0 aromatic carbocycles. The van der Waals surface area contributed by atoms with E-state index in [1.54, 1.807) is 16.2 Å². The predicted octanol–water partition coefficient (Wildman–Crippen LogP) is 3.25. The quantitative estimate of drug-likeness (QED) is 0.759. The van der Waals surface area contributed by atoms with Crippen molar-refractivity contribution < 1.29 is 9.90 Å². The maximum absolute atomic E-state index is 12.0. The molecule has 5 heteroatoms. The van der Waals surface area contributed by atoms with Crippen LogP contribution in [-0.2, 0) is 0 Å². The fraction of sp³-hybridized carbons (Fsp3) is 0.667. The largest absolute Gasteiger partial charge is 0.396 e.